The fraction of sp³-hybridized carbons (Fsp3) is 0.125. The zero-order chi connectivity index (χ0) is 7.40. The summed E-state index contributed by atoms with van der Waals surface area (Å²) in [7, 11) is 0. The molecule has 52 valence electrons. The summed E-state index contributed by atoms with van der Waals surface area (Å²) in [6.45, 7) is 1.70. The van der Waals surface area contributed by atoms with Gasteiger partial charge in [-0.1, -0.05) is 30.3 Å². The second-order valence-electron chi connectivity index (χ2n) is 2.04. The smallest absolute Gasteiger partial charge is 0.0334 e. The molecule has 1 rings (SSSR count). The first-order valence-electron chi connectivity index (χ1n) is 3.07. The standard InChI is InChI=1S/C8H9NO/c1-7(9-10)8-5-3-2-4-6-8/h2-6,10H,1H3/p-1. The van der Waals surface area contributed by atoms with Crippen LogP contribution >= 0.6 is 0 Å². The van der Waals surface area contributed by atoms with Gasteiger partial charge in [0.15, 0.2) is 0 Å². The quantitative estimate of drug-likeness (QED) is 0.427. The summed E-state index contributed by atoms with van der Waals surface area (Å²) >= 11 is 0. The van der Waals surface area contributed by atoms with Crippen LogP contribution in [0.15, 0.2) is 35.5 Å². The highest BCUT2D eigenvalue weighted by Gasteiger charge is 1.89. The molecular formula is C8H8NO-. The van der Waals surface area contributed by atoms with Gasteiger partial charge >= 0.3 is 0 Å². The van der Waals surface area contributed by atoms with Crippen LogP contribution in [0.4, 0.5) is 0 Å². The third-order valence-electron chi connectivity index (χ3n) is 1.33. The summed E-state index contributed by atoms with van der Waals surface area (Å²) in [6, 6.07) is 9.38. The van der Waals surface area contributed by atoms with Crippen LogP contribution in [0.2, 0.25) is 0 Å². The van der Waals surface area contributed by atoms with Crippen molar-refractivity contribution in [2.45, 2.75) is 6.92 Å². The topological polar surface area (TPSA) is 35.4 Å². The van der Waals surface area contributed by atoms with Crippen molar-refractivity contribution < 1.29 is 0 Å². The van der Waals surface area contributed by atoms with Gasteiger partial charge in [-0.05, 0) is 12.5 Å². The van der Waals surface area contributed by atoms with E-state index in [1.807, 2.05) is 30.3 Å². The molecule has 0 aliphatic heterocycles. The lowest BCUT2D eigenvalue weighted by Crippen LogP contribution is -1.91. The molecule has 0 saturated carbocycles. The molecule has 0 aliphatic rings. The first kappa shape index (κ1) is 6.81. The van der Waals surface area contributed by atoms with Gasteiger partial charge in [-0.15, -0.1) is 0 Å². The molecule has 0 N–H and O–H groups in total. The Hall–Kier alpha value is -1.31. The minimum Gasteiger partial charge on any atom is -0.792 e. The summed E-state index contributed by atoms with van der Waals surface area (Å²) in [4.78, 5) is 0. The zero-order valence-electron chi connectivity index (χ0n) is 5.74. The van der Waals surface area contributed by atoms with Crippen molar-refractivity contribution in [2.75, 3.05) is 0 Å². The Balaban J connectivity index is 2.96. The number of benzene rings is 1. The van der Waals surface area contributed by atoms with Crippen LogP contribution in [0.1, 0.15) is 12.5 Å². The van der Waals surface area contributed by atoms with Gasteiger partial charge in [-0.25, -0.2) is 0 Å². The van der Waals surface area contributed by atoms with Crippen molar-refractivity contribution in [1.82, 2.24) is 0 Å². The molecule has 10 heavy (non-hydrogen) atoms. The molecule has 0 bridgehead atoms. The van der Waals surface area contributed by atoms with Gasteiger partial charge in [0.25, 0.3) is 0 Å². The molecule has 0 atom stereocenters. The Morgan fingerprint density at radius 3 is 2.40 bits per heavy atom. The molecule has 0 amide bonds. The fourth-order valence-electron chi connectivity index (χ4n) is 0.732. The zero-order valence-corrected chi connectivity index (χ0v) is 5.74. The Morgan fingerprint density at radius 2 is 1.90 bits per heavy atom. The van der Waals surface area contributed by atoms with Crippen molar-refractivity contribution in [3.05, 3.63) is 41.1 Å². The molecule has 0 aromatic heterocycles. The van der Waals surface area contributed by atoms with Crippen molar-refractivity contribution in [1.29, 1.82) is 0 Å². The number of rotatable bonds is 1. The Morgan fingerprint density at radius 1 is 1.30 bits per heavy atom. The Kier molecular flexibility index (Phi) is 2.05. The van der Waals surface area contributed by atoms with Crippen LogP contribution in [0.3, 0.4) is 0 Å². The highest BCUT2D eigenvalue weighted by Crippen LogP contribution is 1.99. The molecule has 0 radical (unpaired) electrons. The van der Waals surface area contributed by atoms with E-state index in [0.29, 0.717) is 5.71 Å². The van der Waals surface area contributed by atoms with Gasteiger partial charge in [0, 0.05) is 5.71 Å². The van der Waals surface area contributed by atoms with Gasteiger partial charge in [0.2, 0.25) is 0 Å². The molecule has 0 spiro atoms. The minimum atomic E-state index is 0.528. The Labute approximate surface area is 59.8 Å². The molecule has 0 aliphatic carbocycles. The van der Waals surface area contributed by atoms with E-state index in [1.54, 1.807) is 6.92 Å². The predicted octanol–water partition coefficient (Wildman–Crippen LogP) is 1.99. The second-order valence-corrected chi connectivity index (χ2v) is 2.04. The minimum absolute atomic E-state index is 0.528. The van der Waals surface area contributed by atoms with Crippen molar-refractivity contribution in [3.8, 4) is 0 Å². The Bertz CT molecular complexity index is 228. The van der Waals surface area contributed by atoms with E-state index in [9.17, 15) is 5.21 Å². The molecule has 0 unspecified atom stereocenters. The van der Waals surface area contributed by atoms with Crippen LogP contribution in [0.25, 0.3) is 0 Å². The molecule has 2 nitrogen and oxygen atoms in total. The van der Waals surface area contributed by atoms with Gasteiger partial charge < -0.3 is 10.4 Å². The largest absolute Gasteiger partial charge is 0.792 e. The van der Waals surface area contributed by atoms with Crippen LogP contribution < -0.4 is 0 Å². The number of hydrogen-bond acceptors (Lipinski definition) is 2. The second kappa shape index (κ2) is 3.01. The average molecular weight is 134 g/mol. The van der Waals surface area contributed by atoms with Crippen molar-refractivity contribution in [3.63, 3.8) is 0 Å². The molecule has 2 heteroatoms. The van der Waals surface area contributed by atoms with E-state index in [0.717, 1.165) is 5.56 Å². The highest BCUT2D eigenvalue weighted by molar-refractivity contribution is 5.98. The van der Waals surface area contributed by atoms with E-state index < -0.39 is 0 Å². The monoisotopic (exact) mass is 134 g/mol. The van der Waals surface area contributed by atoms with E-state index in [2.05, 4.69) is 5.16 Å². The van der Waals surface area contributed by atoms with Gasteiger partial charge in [0.1, 0.15) is 0 Å². The van der Waals surface area contributed by atoms with E-state index in [4.69, 9.17) is 0 Å². The van der Waals surface area contributed by atoms with Crippen LogP contribution in [0, 0.1) is 5.21 Å². The third-order valence-corrected chi connectivity index (χ3v) is 1.33. The maximum absolute atomic E-state index is 10.0. The highest BCUT2D eigenvalue weighted by atomic mass is 16.4. The number of hydrogen-bond donors (Lipinski definition) is 0. The summed E-state index contributed by atoms with van der Waals surface area (Å²) < 4.78 is 0. The maximum atomic E-state index is 10.0. The molecule has 1 aromatic carbocycles. The molecule has 1 aromatic rings. The van der Waals surface area contributed by atoms with Crippen LogP contribution in [-0.2, 0) is 0 Å². The third kappa shape index (κ3) is 1.35. The summed E-state index contributed by atoms with van der Waals surface area (Å²) in [6.07, 6.45) is 0. The SMILES string of the molecule is CC(=N[O-])c1ccccc1. The van der Waals surface area contributed by atoms with E-state index >= 15 is 0 Å². The average Bonchev–Trinajstić information content (AvgIpc) is 2.05. The van der Waals surface area contributed by atoms with Crippen LogP contribution in [-0.4, -0.2) is 5.71 Å². The number of nitrogens with zero attached hydrogens (tertiary/aromatic N) is 1. The molecule has 0 heterocycles. The van der Waals surface area contributed by atoms with E-state index in [1.165, 1.54) is 0 Å². The maximum Gasteiger partial charge on any atom is 0.0334 e. The molecular weight excluding hydrogens is 126 g/mol. The van der Waals surface area contributed by atoms with Gasteiger partial charge in [0.05, 0.1) is 0 Å². The summed E-state index contributed by atoms with van der Waals surface area (Å²) in [5.41, 5.74) is 1.41. The summed E-state index contributed by atoms with van der Waals surface area (Å²) in [5, 5.41) is 12.8. The van der Waals surface area contributed by atoms with Crippen LogP contribution in [0.5, 0.6) is 0 Å². The predicted molar refractivity (Wildman–Crippen MR) is 42.0 cm³/mol. The van der Waals surface area contributed by atoms with E-state index in [-0.39, 0.29) is 0 Å². The lowest BCUT2D eigenvalue weighted by Gasteiger charge is -2.00. The first-order chi connectivity index (χ1) is 4.84. The van der Waals surface area contributed by atoms with Crippen molar-refractivity contribution >= 4 is 5.71 Å². The van der Waals surface area contributed by atoms with Gasteiger partial charge in [-0.3, -0.25) is 0 Å². The summed E-state index contributed by atoms with van der Waals surface area (Å²) in [5.74, 6) is 0. The normalized spacial score (nSPS) is 11.5. The van der Waals surface area contributed by atoms with Crippen molar-refractivity contribution in [2.24, 2.45) is 5.16 Å². The van der Waals surface area contributed by atoms with Gasteiger partial charge in [-0.2, -0.15) is 0 Å². The molecule has 0 fully saturated rings. The fourth-order valence-corrected chi connectivity index (χ4v) is 0.732. The lowest BCUT2D eigenvalue weighted by atomic mass is 10.1. The lowest BCUT2D eigenvalue weighted by molar-refractivity contribution is 1.52. The first-order valence-corrected chi connectivity index (χ1v) is 3.07. The molecule has 0 saturated heterocycles.